The molecule has 0 saturated heterocycles. The van der Waals surface area contributed by atoms with Crippen LogP contribution in [0.3, 0.4) is 0 Å². The van der Waals surface area contributed by atoms with Crippen molar-refractivity contribution in [1.82, 2.24) is 15.1 Å². The third kappa shape index (κ3) is 5.14. The molecule has 1 amide bonds. The number of amides is 1. The standard InChI is InChI=1S/C22H23N3O2/c1-16-3-7-18(8-4-16)13-14-23-21(26)15-25-22(27)12-11-20(24-25)19-9-5-17(2)6-10-19/h3-12H,13-15H2,1-2H3,(H,23,26). The predicted molar refractivity (Wildman–Crippen MR) is 107 cm³/mol. The maximum atomic E-state index is 12.2. The lowest BCUT2D eigenvalue weighted by Gasteiger charge is -2.09. The minimum absolute atomic E-state index is 0.0908. The smallest absolute Gasteiger partial charge is 0.267 e. The zero-order valence-corrected chi connectivity index (χ0v) is 15.6. The lowest BCUT2D eigenvalue weighted by Crippen LogP contribution is -2.34. The van der Waals surface area contributed by atoms with Crippen LogP contribution >= 0.6 is 0 Å². The first-order valence-electron chi connectivity index (χ1n) is 8.99. The van der Waals surface area contributed by atoms with E-state index in [1.807, 2.05) is 38.1 Å². The van der Waals surface area contributed by atoms with Crippen LogP contribution in [0.5, 0.6) is 0 Å². The van der Waals surface area contributed by atoms with E-state index < -0.39 is 0 Å². The molecule has 0 atom stereocenters. The summed E-state index contributed by atoms with van der Waals surface area (Å²) in [7, 11) is 0. The Hall–Kier alpha value is -3.21. The SMILES string of the molecule is Cc1ccc(CCNC(=O)Cn2nc(-c3ccc(C)cc3)ccc2=O)cc1. The van der Waals surface area contributed by atoms with Crippen LogP contribution in [0.4, 0.5) is 0 Å². The van der Waals surface area contributed by atoms with Gasteiger partial charge in [0.2, 0.25) is 5.91 Å². The van der Waals surface area contributed by atoms with E-state index in [4.69, 9.17) is 0 Å². The number of aromatic nitrogens is 2. The van der Waals surface area contributed by atoms with Gasteiger partial charge >= 0.3 is 0 Å². The van der Waals surface area contributed by atoms with Gasteiger partial charge in [-0.3, -0.25) is 9.59 Å². The van der Waals surface area contributed by atoms with Crippen molar-refractivity contribution in [3.63, 3.8) is 0 Å². The van der Waals surface area contributed by atoms with Crippen molar-refractivity contribution in [2.24, 2.45) is 0 Å². The predicted octanol–water partition coefficient (Wildman–Crippen LogP) is 2.89. The van der Waals surface area contributed by atoms with E-state index >= 15 is 0 Å². The summed E-state index contributed by atoms with van der Waals surface area (Å²) in [5, 5.41) is 7.18. The summed E-state index contributed by atoms with van der Waals surface area (Å²) in [5.74, 6) is -0.224. The molecule has 0 spiro atoms. The number of aryl methyl sites for hydroxylation is 2. The van der Waals surface area contributed by atoms with Crippen LogP contribution in [0, 0.1) is 13.8 Å². The lowest BCUT2D eigenvalue weighted by atomic mass is 10.1. The molecule has 0 radical (unpaired) electrons. The van der Waals surface area contributed by atoms with Gasteiger partial charge in [0.25, 0.3) is 5.56 Å². The van der Waals surface area contributed by atoms with Gasteiger partial charge in [0.15, 0.2) is 0 Å². The average Bonchev–Trinajstić information content (AvgIpc) is 2.66. The summed E-state index contributed by atoms with van der Waals surface area (Å²) < 4.78 is 1.20. The van der Waals surface area contributed by atoms with E-state index in [0.717, 1.165) is 23.1 Å². The largest absolute Gasteiger partial charge is 0.354 e. The summed E-state index contributed by atoms with van der Waals surface area (Å²) in [6, 6.07) is 19.2. The van der Waals surface area contributed by atoms with Gasteiger partial charge in [0, 0.05) is 18.2 Å². The Kier molecular flexibility index (Phi) is 5.81. The number of nitrogens with one attached hydrogen (secondary N) is 1. The third-order valence-electron chi connectivity index (χ3n) is 4.36. The second-order valence-electron chi connectivity index (χ2n) is 6.67. The quantitative estimate of drug-likeness (QED) is 0.734. The van der Waals surface area contributed by atoms with Crippen molar-refractivity contribution in [1.29, 1.82) is 0 Å². The molecule has 2 aromatic carbocycles. The molecule has 0 bridgehead atoms. The summed E-state index contributed by atoms with van der Waals surface area (Å²) in [6.45, 7) is 4.49. The molecule has 0 aliphatic carbocycles. The normalized spacial score (nSPS) is 10.6. The van der Waals surface area contributed by atoms with Crippen molar-refractivity contribution >= 4 is 5.91 Å². The molecule has 0 saturated carbocycles. The lowest BCUT2D eigenvalue weighted by molar-refractivity contribution is -0.121. The zero-order chi connectivity index (χ0) is 19.2. The second kappa shape index (κ2) is 8.45. The van der Waals surface area contributed by atoms with Crippen molar-refractivity contribution < 1.29 is 4.79 Å². The first-order chi connectivity index (χ1) is 13.0. The number of hydrogen-bond donors (Lipinski definition) is 1. The number of hydrogen-bond acceptors (Lipinski definition) is 3. The first-order valence-corrected chi connectivity index (χ1v) is 8.99. The number of carbonyl (C=O) groups excluding carboxylic acids is 1. The Labute approximate surface area is 158 Å². The molecule has 0 unspecified atom stereocenters. The second-order valence-corrected chi connectivity index (χ2v) is 6.67. The maximum absolute atomic E-state index is 12.2. The van der Waals surface area contributed by atoms with Crippen LogP contribution in [0.25, 0.3) is 11.3 Å². The molecule has 1 heterocycles. The zero-order valence-electron chi connectivity index (χ0n) is 15.6. The summed E-state index contributed by atoms with van der Waals surface area (Å²) in [5.41, 5.74) is 4.81. The number of benzene rings is 2. The van der Waals surface area contributed by atoms with Gasteiger partial charge in [0.1, 0.15) is 6.54 Å². The molecular weight excluding hydrogens is 338 g/mol. The van der Waals surface area contributed by atoms with Crippen LogP contribution in [0.2, 0.25) is 0 Å². The van der Waals surface area contributed by atoms with Crippen molar-refractivity contribution in [3.8, 4) is 11.3 Å². The molecule has 138 valence electrons. The molecule has 1 N–H and O–H groups in total. The highest BCUT2D eigenvalue weighted by Gasteiger charge is 2.08. The fourth-order valence-electron chi connectivity index (χ4n) is 2.73. The van der Waals surface area contributed by atoms with Gasteiger partial charge in [-0.2, -0.15) is 5.10 Å². The highest BCUT2D eigenvalue weighted by Crippen LogP contribution is 2.15. The third-order valence-corrected chi connectivity index (χ3v) is 4.36. The van der Waals surface area contributed by atoms with Crippen molar-refractivity contribution in [2.75, 3.05) is 6.54 Å². The van der Waals surface area contributed by atoms with Crippen LogP contribution in [-0.4, -0.2) is 22.2 Å². The molecule has 5 nitrogen and oxygen atoms in total. The highest BCUT2D eigenvalue weighted by atomic mass is 16.2. The number of nitrogens with zero attached hydrogens (tertiary/aromatic N) is 2. The summed E-state index contributed by atoms with van der Waals surface area (Å²) in [6.07, 6.45) is 0.748. The van der Waals surface area contributed by atoms with Crippen molar-refractivity contribution in [3.05, 3.63) is 87.7 Å². The van der Waals surface area contributed by atoms with Gasteiger partial charge in [0.05, 0.1) is 5.69 Å². The average molecular weight is 361 g/mol. The van der Waals surface area contributed by atoms with Crippen LogP contribution in [0.1, 0.15) is 16.7 Å². The Morgan fingerprint density at radius 3 is 2.22 bits per heavy atom. The minimum Gasteiger partial charge on any atom is -0.354 e. The van der Waals surface area contributed by atoms with Gasteiger partial charge in [-0.15, -0.1) is 0 Å². The van der Waals surface area contributed by atoms with Crippen molar-refractivity contribution in [2.45, 2.75) is 26.8 Å². The Morgan fingerprint density at radius 2 is 1.56 bits per heavy atom. The van der Waals surface area contributed by atoms with E-state index in [1.165, 1.54) is 16.3 Å². The van der Waals surface area contributed by atoms with Gasteiger partial charge in [-0.1, -0.05) is 59.7 Å². The Bertz CT molecular complexity index is 974. The van der Waals surface area contributed by atoms with E-state index in [0.29, 0.717) is 12.2 Å². The molecule has 0 aliphatic rings. The van der Waals surface area contributed by atoms with Crippen LogP contribution in [0.15, 0.2) is 65.5 Å². The van der Waals surface area contributed by atoms with Gasteiger partial charge in [-0.25, -0.2) is 4.68 Å². The molecule has 5 heteroatoms. The van der Waals surface area contributed by atoms with Crippen LogP contribution < -0.4 is 10.9 Å². The fraction of sp³-hybridized carbons (Fsp3) is 0.227. The van der Waals surface area contributed by atoms with Gasteiger partial charge < -0.3 is 5.32 Å². The van der Waals surface area contributed by atoms with E-state index in [9.17, 15) is 9.59 Å². The summed E-state index contributed by atoms with van der Waals surface area (Å²) in [4.78, 5) is 24.2. The first kappa shape index (κ1) is 18.6. The molecule has 27 heavy (non-hydrogen) atoms. The van der Waals surface area contributed by atoms with Crippen LogP contribution in [-0.2, 0) is 17.8 Å². The molecule has 0 aliphatic heterocycles. The molecular formula is C22H23N3O2. The minimum atomic E-state index is -0.292. The molecule has 3 aromatic rings. The highest BCUT2D eigenvalue weighted by molar-refractivity contribution is 5.75. The Balaban J connectivity index is 1.61. The molecule has 3 rings (SSSR count). The van der Waals surface area contributed by atoms with E-state index in [-0.39, 0.29) is 18.0 Å². The Morgan fingerprint density at radius 1 is 0.926 bits per heavy atom. The number of rotatable bonds is 6. The topological polar surface area (TPSA) is 64.0 Å². The molecule has 0 fully saturated rings. The molecule has 1 aromatic heterocycles. The van der Waals surface area contributed by atoms with E-state index in [2.05, 4.69) is 34.7 Å². The summed E-state index contributed by atoms with van der Waals surface area (Å²) >= 11 is 0. The van der Waals surface area contributed by atoms with E-state index in [1.54, 1.807) is 6.07 Å². The fourth-order valence-corrected chi connectivity index (χ4v) is 2.73. The monoisotopic (exact) mass is 361 g/mol. The number of carbonyl (C=O) groups is 1. The van der Waals surface area contributed by atoms with Gasteiger partial charge in [-0.05, 0) is 31.9 Å². The maximum Gasteiger partial charge on any atom is 0.267 e.